The van der Waals surface area contributed by atoms with Gasteiger partial charge in [0, 0.05) is 18.7 Å². The van der Waals surface area contributed by atoms with E-state index >= 15 is 0 Å². The van der Waals surface area contributed by atoms with Crippen molar-refractivity contribution in [2.24, 2.45) is 7.05 Å². The Kier molecular flexibility index (Phi) is 5.65. The topological polar surface area (TPSA) is 108 Å². The van der Waals surface area contributed by atoms with Gasteiger partial charge in [-0.05, 0) is 44.0 Å². The molecule has 0 atom stereocenters. The molecular weight excluding hydrogens is 408 g/mol. The average molecular weight is 435 g/mol. The molecule has 0 aliphatic carbocycles. The summed E-state index contributed by atoms with van der Waals surface area (Å²) in [6.07, 6.45) is 0. The lowest BCUT2D eigenvalue weighted by molar-refractivity contribution is -0.118. The van der Waals surface area contributed by atoms with Gasteiger partial charge in [0.15, 0.2) is 18.1 Å². The number of anilines is 1. The number of aryl methyl sites for hydroxylation is 4. The third-order valence-electron chi connectivity index (χ3n) is 5.15. The number of aromatic nitrogens is 5. The number of para-hydroxylation sites is 1. The number of benzene rings is 1. The van der Waals surface area contributed by atoms with Gasteiger partial charge in [0.05, 0.1) is 16.6 Å². The summed E-state index contributed by atoms with van der Waals surface area (Å²) >= 11 is 0. The van der Waals surface area contributed by atoms with Crippen LogP contribution in [0.2, 0.25) is 0 Å². The smallest absolute Gasteiger partial charge is 0.262 e. The van der Waals surface area contributed by atoms with E-state index in [0.717, 1.165) is 27.9 Å². The number of pyridine rings is 1. The fraction of sp³-hybridized carbons (Fsp3) is 0.348. The molecule has 4 aromatic rings. The first-order valence-corrected chi connectivity index (χ1v) is 10.4. The summed E-state index contributed by atoms with van der Waals surface area (Å²) in [6.45, 7) is 9.59. The van der Waals surface area contributed by atoms with Crippen molar-refractivity contribution in [3.63, 3.8) is 0 Å². The Morgan fingerprint density at radius 1 is 1.19 bits per heavy atom. The number of rotatable bonds is 6. The highest BCUT2D eigenvalue weighted by atomic mass is 16.5. The molecule has 1 N–H and O–H groups in total. The summed E-state index contributed by atoms with van der Waals surface area (Å²) in [5.74, 6) is 1.18. The van der Waals surface area contributed by atoms with Crippen LogP contribution in [0.3, 0.4) is 0 Å². The fourth-order valence-corrected chi connectivity index (χ4v) is 3.55. The summed E-state index contributed by atoms with van der Waals surface area (Å²) in [5.41, 5.74) is 4.76. The van der Waals surface area contributed by atoms with Crippen molar-refractivity contribution < 1.29 is 14.1 Å². The molecule has 4 rings (SSSR count). The maximum absolute atomic E-state index is 12.8. The molecule has 0 unspecified atom stereocenters. The highest BCUT2D eigenvalue weighted by Crippen LogP contribution is 2.31. The van der Waals surface area contributed by atoms with E-state index in [0.29, 0.717) is 28.8 Å². The molecule has 0 fully saturated rings. The van der Waals surface area contributed by atoms with Crippen molar-refractivity contribution in [2.75, 3.05) is 11.9 Å². The van der Waals surface area contributed by atoms with Crippen LogP contribution in [0.15, 0.2) is 28.8 Å². The molecule has 9 nitrogen and oxygen atoms in total. The third kappa shape index (κ3) is 4.05. The van der Waals surface area contributed by atoms with Gasteiger partial charge in [-0.15, -0.1) is 5.10 Å². The number of fused-ring (bicyclic) bond motifs is 1. The van der Waals surface area contributed by atoms with Gasteiger partial charge >= 0.3 is 0 Å². The highest BCUT2D eigenvalue weighted by molar-refractivity contribution is 5.96. The van der Waals surface area contributed by atoms with Crippen LogP contribution in [0.25, 0.3) is 22.5 Å². The molecule has 0 spiro atoms. The molecule has 3 heterocycles. The molecule has 0 aliphatic rings. The lowest BCUT2D eigenvalue weighted by Gasteiger charge is -2.12. The lowest BCUT2D eigenvalue weighted by atomic mass is 10.1. The zero-order valence-electron chi connectivity index (χ0n) is 19.1. The van der Waals surface area contributed by atoms with E-state index < -0.39 is 0 Å². The highest BCUT2D eigenvalue weighted by Gasteiger charge is 2.19. The maximum Gasteiger partial charge on any atom is 0.262 e. The number of nitrogens with one attached hydrogen (secondary N) is 1. The number of ether oxygens (including phenoxy) is 1. The minimum Gasteiger partial charge on any atom is -0.466 e. The van der Waals surface area contributed by atoms with Crippen LogP contribution >= 0.6 is 0 Å². The third-order valence-corrected chi connectivity index (χ3v) is 5.15. The predicted octanol–water partition coefficient (Wildman–Crippen LogP) is 4.08. The zero-order chi connectivity index (χ0) is 23.0. The van der Waals surface area contributed by atoms with Crippen LogP contribution in [0.5, 0.6) is 5.88 Å². The molecule has 0 bridgehead atoms. The number of hydrogen-bond acceptors (Lipinski definition) is 7. The van der Waals surface area contributed by atoms with Gasteiger partial charge in [0.1, 0.15) is 0 Å². The van der Waals surface area contributed by atoms with Crippen LogP contribution in [0.4, 0.5) is 5.69 Å². The van der Waals surface area contributed by atoms with Crippen molar-refractivity contribution >= 4 is 22.6 Å². The summed E-state index contributed by atoms with van der Waals surface area (Å²) in [5, 5.41) is 12.1. The van der Waals surface area contributed by atoms with Gasteiger partial charge in [0.2, 0.25) is 5.88 Å². The Bertz CT molecular complexity index is 1300. The van der Waals surface area contributed by atoms with E-state index in [2.05, 4.69) is 25.5 Å². The summed E-state index contributed by atoms with van der Waals surface area (Å²) in [6, 6.07) is 7.59. The number of carbonyl (C=O) groups excluding carboxylic acids is 1. The van der Waals surface area contributed by atoms with Gasteiger partial charge in [-0.2, -0.15) is 4.98 Å². The second kappa shape index (κ2) is 8.41. The molecular formula is C23H26N6O3. The van der Waals surface area contributed by atoms with Gasteiger partial charge in [-0.3, -0.25) is 4.79 Å². The van der Waals surface area contributed by atoms with E-state index in [1.807, 2.05) is 58.9 Å². The van der Waals surface area contributed by atoms with Gasteiger partial charge < -0.3 is 14.6 Å². The van der Waals surface area contributed by atoms with Crippen molar-refractivity contribution in [1.82, 2.24) is 24.9 Å². The molecule has 1 amide bonds. The quantitative estimate of drug-likeness (QED) is 0.487. The molecule has 0 saturated carbocycles. The summed E-state index contributed by atoms with van der Waals surface area (Å²) in [7, 11) is 1.80. The normalized spacial score (nSPS) is 11.3. The van der Waals surface area contributed by atoms with Crippen LogP contribution in [-0.4, -0.2) is 37.4 Å². The standard InChI is InChI=1S/C23H26N6O3/c1-12(2)20-26-22(32-28-20)16-9-7-8-13(3)19(16)25-17(30)11-31-23-18-14(4)10-15(5)24-21(18)29(6)27-23/h7-10,12H,11H2,1-6H3,(H,25,30). The molecule has 1 aromatic carbocycles. The van der Waals surface area contributed by atoms with Crippen LogP contribution in [-0.2, 0) is 11.8 Å². The molecule has 3 aromatic heterocycles. The van der Waals surface area contributed by atoms with Crippen molar-refractivity contribution in [3.05, 3.63) is 46.9 Å². The Morgan fingerprint density at radius 2 is 1.97 bits per heavy atom. The predicted molar refractivity (Wildman–Crippen MR) is 121 cm³/mol. The first-order valence-electron chi connectivity index (χ1n) is 10.4. The van der Waals surface area contributed by atoms with E-state index in [-0.39, 0.29) is 18.4 Å². The van der Waals surface area contributed by atoms with E-state index in [1.54, 1.807) is 11.7 Å². The largest absolute Gasteiger partial charge is 0.466 e. The fourth-order valence-electron chi connectivity index (χ4n) is 3.55. The van der Waals surface area contributed by atoms with Crippen molar-refractivity contribution in [3.8, 4) is 17.3 Å². The van der Waals surface area contributed by atoms with E-state index in [9.17, 15) is 4.79 Å². The minimum absolute atomic E-state index is 0.138. The molecule has 166 valence electrons. The Labute approximate surface area is 185 Å². The Balaban J connectivity index is 1.55. The molecule has 0 radical (unpaired) electrons. The van der Waals surface area contributed by atoms with Gasteiger partial charge in [0.25, 0.3) is 11.8 Å². The molecule has 0 saturated heterocycles. The minimum atomic E-state index is -0.319. The maximum atomic E-state index is 12.8. The number of carbonyl (C=O) groups is 1. The second-order valence-corrected chi connectivity index (χ2v) is 8.15. The van der Waals surface area contributed by atoms with Crippen LogP contribution in [0.1, 0.15) is 42.4 Å². The van der Waals surface area contributed by atoms with Crippen molar-refractivity contribution in [2.45, 2.75) is 40.5 Å². The summed E-state index contributed by atoms with van der Waals surface area (Å²) < 4.78 is 12.9. The monoisotopic (exact) mass is 434 g/mol. The Morgan fingerprint density at radius 3 is 2.69 bits per heavy atom. The first-order chi connectivity index (χ1) is 15.2. The number of hydrogen-bond donors (Lipinski definition) is 1. The van der Waals surface area contributed by atoms with Gasteiger partial charge in [-0.25, -0.2) is 9.67 Å². The van der Waals surface area contributed by atoms with E-state index in [4.69, 9.17) is 9.26 Å². The average Bonchev–Trinajstić information content (AvgIpc) is 3.33. The zero-order valence-corrected chi connectivity index (χ0v) is 19.1. The van der Waals surface area contributed by atoms with E-state index in [1.165, 1.54) is 0 Å². The Hall–Kier alpha value is -3.75. The van der Waals surface area contributed by atoms with Crippen molar-refractivity contribution in [1.29, 1.82) is 0 Å². The first kappa shape index (κ1) is 21.5. The molecule has 9 heteroatoms. The lowest BCUT2D eigenvalue weighted by Crippen LogP contribution is -2.21. The molecule has 0 aliphatic heterocycles. The number of nitrogens with zero attached hydrogens (tertiary/aromatic N) is 5. The number of amides is 1. The van der Waals surface area contributed by atoms with Crippen LogP contribution < -0.4 is 10.1 Å². The van der Waals surface area contributed by atoms with Gasteiger partial charge in [-0.1, -0.05) is 31.1 Å². The SMILES string of the molecule is Cc1cc(C)c2c(OCC(=O)Nc3c(C)cccc3-c3nc(C(C)C)no3)nn(C)c2n1. The molecule has 32 heavy (non-hydrogen) atoms. The summed E-state index contributed by atoms with van der Waals surface area (Å²) in [4.78, 5) is 21.7. The van der Waals surface area contributed by atoms with Crippen LogP contribution in [0, 0.1) is 20.8 Å². The second-order valence-electron chi connectivity index (χ2n) is 8.15.